The standard InChI is InChI=1S/C19H15N3O7S2/c23-22(24)18-11-4-5-12-19(18)31(27,28)29-16-8-6-7-15(13-16)14-20-21-30(25,26)17-9-2-1-3-10-17/h1-14,21H/b20-14-. The van der Waals surface area contributed by atoms with Crippen LogP contribution in [0.2, 0.25) is 0 Å². The van der Waals surface area contributed by atoms with Crippen LogP contribution in [0.1, 0.15) is 5.56 Å². The molecule has 0 saturated carbocycles. The summed E-state index contributed by atoms with van der Waals surface area (Å²) in [5.41, 5.74) is -0.290. The van der Waals surface area contributed by atoms with Crippen molar-refractivity contribution in [2.45, 2.75) is 9.79 Å². The lowest BCUT2D eigenvalue weighted by atomic mass is 10.2. The van der Waals surface area contributed by atoms with Gasteiger partial charge in [0.25, 0.3) is 15.7 Å². The van der Waals surface area contributed by atoms with Crippen LogP contribution in [0.15, 0.2) is 93.8 Å². The zero-order valence-electron chi connectivity index (χ0n) is 15.7. The normalized spacial score (nSPS) is 11.9. The molecule has 0 atom stereocenters. The fraction of sp³-hybridized carbons (Fsp3) is 0. The molecule has 3 aromatic carbocycles. The van der Waals surface area contributed by atoms with Crippen molar-refractivity contribution in [3.8, 4) is 5.75 Å². The van der Waals surface area contributed by atoms with Crippen LogP contribution in [0.5, 0.6) is 5.75 Å². The summed E-state index contributed by atoms with van der Waals surface area (Å²) in [4.78, 5) is 11.8. The molecular formula is C19H15N3O7S2. The number of rotatable bonds is 8. The maximum atomic E-state index is 12.5. The van der Waals surface area contributed by atoms with Crippen molar-refractivity contribution in [3.63, 3.8) is 0 Å². The van der Waals surface area contributed by atoms with Crippen LogP contribution in [0, 0.1) is 10.1 Å². The van der Waals surface area contributed by atoms with Crippen molar-refractivity contribution in [2.24, 2.45) is 5.10 Å². The average molecular weight is 461 g/mol. The molecule has 1 N–H and O–H groups in total. The largest absolute Gasteiger partial charge is 0.379 e. The Morgan fingerprint density at radius 1 is 0.903 bits per heavy atom. The van der Waals surface area contributed by atoms with Crippen LogP contribution < -0.4 is 9.01 Å². The summed E-state index contributed by atoms with van der Waals surface area (Å²) in [5, 5.41) is 14.8. The number of nitrogens with zero attached hydrogens (tertiary/aromatic N) is 2. The van der Waals surface area contributed by atoms with Gasteiger partial charge in [0.15, 0.2) is 4.90 Å². The number of para-hydroxylation sites is 1. The number of sulfonamides is 1. The Labute approximate surface area is 178 Å². The van der Waals surface area contributed by atoms with E-state index in [9.17, 15) is 26.9 Å². The molecule has 0 aliphatic carbocycles. The van der Waals surface area contributed by atoms with Gasteiger partial charge in [0, 0.05) is 6.07 Å². The van der Waals surface area contributed by atoms with Gasteiger partial charge in [-0.2, -0.15) is 21.9 Å². The second-order valence-electron chi connectivity index (χ2n) is 6.00. The monoisotopic (exact) mass is 461 g/mol. The van der Waals surface area contributed by atoms with E-state index in [1.165, 1.54) is 48.5 Å². The van der Waals surface area contributed by atoms with Gasteiger partial charge in [-0.1, -0.05) is 42.5 Å². The highest BCUT2D eigenvalue weighted by atomic mass is 32.2. The number of nitrogens with one attached hydrogen (secondary N) is 1. The maximum Gasteiger partial charge on any atom is 0.346 e. The van der Waals surface area contributed by atoms with Crippen LogP contribution in [0.4, 0.5) is 5.69 Å². The third kappa shape index (κ3) is 5.43. The first-order valence-electron chi connectivity index (χ1n) is 8.57. The zero-order valence-corrected chi connectivity index (χ0v) is 17.3. The van der Waals surface area contributed by atoms with Crippen molar-refractivity contribution in [1.82, 2.24) is 4.83 Å². The van der Waals surface area contributed by atoms with E-state index in [1.807, 2.05) is 4.83 Å². The van der Waals surface area contributed by atoms with E-state index < -0.39 is 35.6 Å². The smallest absolute Gasteiger partial charge is 0.346 e. The summed E-state index contributed by atoms with van der Waals surface area (Å²) in [6, 6.07) is 18.0. The molecule has 0 unspecified atom stereocenters. The van der Waals surface area contributed by atoms with Gasteiger partial charge in [0.05, 0.1) is 16.0 Å². The minimum absolute atomic E-state index is 0.0276. The summed E-state index contributed by atoms with van der Waals surface area (Å²) in [6.45, 7) is 0. The molecule has 0 saturated heterocycles. The van der Waals surface area contributed by atoms with Gasteiger partial charge < -0.3 is 4.18 Å². The molecule has 3 aromatic rings. The Hall–Kier alpha value is -3.77. The van der Waals surface area contributed by atoms with Crippen LogP contribution in [0.25, 0.3) is 0 Å². The molecule has 0 fully saturated rings. The SMILES string of the molecule is O=[N+]([O-])c1ccccc1S(=O)(=O)Oc1cccc(/C=N\NS(=O)(=O)c2ccccc2)c1. The van der Waals surface area contributed by atoms with E-state index in [-0.39, 0.29) is 10.6 Å². The quantitative estimate of drug-likeness (QED) is 0.235. The van der Waals surface area contributed by atoms with Gasteiger partial charge in [-0.15, -0.1) is 0 Å². The van der Waals surface area contributed by atoms with Gasteiger partial charge in [-0.25, -0.2) is 4.83 Å². The summed E-state index contributed by atoms with van der Waals surface area (Å²) in [6.07, 6.45) is 1.16. The summed E-state index contributed by atoms with van der Waals surface area (Å²) < 4.78 is 54.3. The topological polar surface area (TPSA) is 145 Å². The molecule has 10 nitrogen and oxygen atoms in total. The molecule has 0 heterocycles. The molecule has 3 rings (SSSR count). The first kappa shape index (κ1) is 21.9. The second kappa shape index (κ2) is 8.93. The summed E-state index contributed by atoms with van der Waals surface area (Å²) >= 11 is 0. The molecule has 0 aliphatic rings. The predicted octanol–water partition coefficient (Wildman–Crippen LogP) is 2.67. The zero-order chi connectivity index (χ0) is 22.5. The van der Waals surface area contributed by atoms with E-state index in [2.05, 4.69) is 5.10 Å². The Balaban J connectivity index is 1.78. The third-order valence-electron chi connectivity index (χ3n) is 3.84. The highest BCUT2D eigenvalue weighted by molar-refractivity contribution is 7.89. The molecule has 0 aromatic heterocycles. The van der Waals surface area contributed by atoms with Gasteiger partial charge in [0.1, 0.15) is 5.75 Å². The molecule has 0 bridgehead atoms. The van der Waals surface area contributed by atoms with Crippen LogP contribution >= 0.6 is 0 Å². The fourth-order valence-electron chi connectivity index (χ4n) is 2.46. The van der Waals surface area contributed by atoms with Crippen molar-refractivity contribution >= 4 is 32.0 Å². The van der Waals surface area contributed by atoms with Crippen molar-refractivity contribution < 1.29 is 25.9 Å². The number of hydrogen-bond donors (Lipinski definition) is 1. The van der Waals surface area contributed by atoms with E-state index in [1.54, 1.807) is 18.2 Å². The van der Waals surface area contributed by atoms with Crippen LogP contribution in [-0.4, -0.2) is 28.0 Å². The minimum atomic E-state index is -4.48. The third-order valence-corrected chi connectivity index (χ3v) is 6.37. The van der Waals surface area contributed by atoms with Crippen LogP contribution in [0.3, 0.4) is 0 Å². The summed E-state index contributed by atoms with van der Waals surface area (Å²) in [7, 11) is -8.34. The highest BCUT2D eigenvalue weighted by Crippen LogP contribution is 2.26. The first-order chi connectivity index (χ1) is 14.7. The lowest BCUT2D eigenvalue weighted by molar-refractivity contribution is -0.387. The van der Waals surface area contributed by atoms with E-state index in [4.69, 9.17) is 4.18 Å². The Kier molecular flexibility index (Phi) is 6.32. The molecule has 0 spiro atoms. The molecule has 0 amide bonds. The predicted molar refractivity (Wildman–Crippen MR) is 112 cm³/mol. The highest BCUT2D eigenvalue weighted by Gasteiger charge is 2.27. The maximum absolute atomic E-state index is 12.5. The first-order valence-corrected chi connectivity index (χ1v) is 11.5. The minimum Gasteiger partial charge on any atom is -0.379 e. The molecule has 0 aliphatic heterocycles. The average Bonchev–Trinajstić information content (AvgIpc) is 2.74. The number of nitro groups is 1. The Morgan fingerprint density at radius 2 is 1.58 bits per heavy atom. The van der Waals surface area contributed by atoms with Crippen LogP contribution in [-0.2, 0) is 20.1 Å². The Morgan fingerprint density at radius 3 is 2.29 bits per heavy atom. The van der Waals surface area contributed by atoms with Crippen molar-refractivity contribution in [3.05, 3.63) is 94.5 Å². The van der Waals surface area contributed by atoms with Gasteiger partial charge in [-0.05, 0) is 35.9 Å². The van der Waals surface area contributed by atoms with E-state index >= 15 is 0 Å². The second-order valence-corrected chi connectivity index (χ2v) is 9.18. The van der Waals surface area contributed by atoms with Crippen molar-refractivity contribution in [2.75, 3.05) is 0 Å². The van der Waals surface area contributed by atoms with E-state index in [0.717, 1.165) is 18.3 Å². The number of benzene rings is 3. The van der Waals surface area contributed by atoms with Gasteiger partial charge >= 0.3 is 10.1 Å². The fourth-order valence-corrected chi connectivity index (χ4v) is 4.36. The molecule has 12 heteroatoms. The lowest BCUT2D eigenvalue weighted by Gasteiger charge is -2.08. The molecule has 160 valence electrons. The van der Waals surface area contributed by atoms with Gasteiger partial charge in [0.2, 0.25) is 0 Å². The summed E-state index contributed by atoms with van der Waals surface area (Å²) in [5.74, 6) is -0.131. The van der Waals surface area contributed by atoms with Gasteiger partial charge in [-0.3, -0.25) is 10.1 Å². The molecule has 31 heavy (non-hydrogen) atoms. The number of hydrogen-bond acceptors (Lipinski definition) is 8. The molecule has 0 radical (unpaired) electrons. The number of hydrazone groups is 1. The van der Waals surface area contributed by atoms with Crippen molar-refractivity contribution in [1.29, 1.82) is 0 Å². The van der Waals surface area contributed by atoms with E-state index in [0.29, 0.717) is 5.56 Å². The number of nitro benzene ring substituents is 1. The molecular weight excluding hydrogens is 446 g/mol. The lowest BCUT2D eigenvalue weighted by Crippen LogP contribution is -2.18. The Bertz CT molecular complexity index is 1340.